The highest BCUT2D eigenvalue weighted by atomic mass is 16.6. The Morgan fingerprint density at radius 1 is 1.04 bits per heavy atom. The number of carboxylic acids is 1. The van der Waals surface area contributed by atoms with Crippen LogP contribution < -0.4 is 0 Å². The first-order chi connectivity index (χ1) is 13.6. The maximum atomic E-state index is 12.6. The highest BCUT2D eigenvalue weighted by Crippen LogP contribution is 2.44. The van der Waals surface area contributed by atoms with Crippen LogP contribution in [0.4, 0.5) is 4.79 Å². The lowest BCUT2D eigenvalue weighted by atomic mass is 9.94. The molecule has 0 radical (unpaired) electrons. The molecule has 0 spiro atoms. The Labute approximate surface area is 164 Å². The average Bonchev–Trinajstić information content (AvgIpc) is 3.04. The van der Waals surface area contributed by atoms with Gasteiger partial charge >= 0.3 is 12.1 Å². The molecule has 1 amide bonds. The smallest absolute Gasteiger partial charge is 0.409 e. The Morgan fingerprint density at radius 2 is 1.68 bits per heavy atom. The lowest BCUT2D eigenvalue weighted by Gasteiger charge is -2.32. The first-order valence-corrected chi connectivity index (χ1v) is 9.95. The molecule has 0 bridgehead atoms. The second-order valence-electron chi connectivity index (χ2n) is 7.69. The summed E-state index contributed by atoms with van der Waals surface area (Å²) >= 11 is 0. The zero-order valence-corrected chi connectivity index (χ0v) is 15.8. The Morgan fingerprint density at radius 3 is 2.32 bits per heavy atom. The van der Waals surface area contributed by atoms with E-state index in [1.54, 1.807) is 4.90 Å². The topological polar surface area (TPSA) is 66.8 Å². The molecule has 4 rings (SSSR count). The first kappa shape index (κ1) is 18.5. The van der Waals surface area contributed by atoms with Crippen LogP contribution in [0.15, 0.2) is 48.5 Å². The highest BCUT2D eigenvalue weighted by Gasteiger charge is 2.30. The largest absolute Gasteiger partial charge is 0.481 e. The average molecular weight is 379 g/mol. The van der Waals surface area contributed by atoms with E-state index < -0.39 is 5.97 Å². The molecule has 28 heavy (non-hydrogen) atoms. The second kappa shape index (κ2) is 8.05. The fraction of sp³-hybridized carbons (Fsp3) is 0.391. The number of rotatable bonds is 5. The van der Waals surface area contributed by atoms with E-state index in [1.165, 1.54) is 22.3 Å². The molecule has 1 heterocycles. The summed E-state index contributed by atoms with van der Waals surface area (Å²) in [6, 6.07) is 16.6. The molecule has 1 aliphatic heterocycles. The molecule has 146 valence electrons. The van der Waals surface area contributed by atoms with Crippen molar-refractivity contribution in [1.82, 2.24) is 4.90 Å². The van der Waals surface area contributed by atoms with Gasteiger partial charge in [0.15, 0.2) is 0 Å². The first-order valence-electron chi connectivity index (χ1n) is 9.95. The summed E-state index contributed by atoms with van der Waals surface area (Å²) in [5, 5.41) is 8.88. The number of benzene rings is 2. The van der Waals surface area contributed by atoms with Gasteiger partial charge in [0.05, 0.1) is 0 Å². The molecule has 1 fully saturated rings. The van der Waals surface area contributed by atoms with Crippen LogP contribution in [-0.4, -0.2) is 41.8 Å². The third kappa shape index (κ3) is 3.75. The number of fused-ring (bicyclic) bond motifs is 3. The predicted octanol–water partition coefficient (Wildman–Crippen LogP) is 4.51. The van der Waals surface area contributed by atoms with E-state index in [9.17, 15) is 9.59 Å². The third-order valence-corrected chi connectivity index (χ3v) is 5.88. The fourth-order valence-corrected chi connectivity index (χ4v) is 4.48. The van der Waals surface area contributed by atoms with Gasteiger partial charge in [0, 0.05) is 25.4 Å². The van der Waals surface area contributed by atoms with Crippen molar-refractivity contribution in [1.29, 1.82) is 0 Å². The number of hydrogen-bond donors (Lipinski definition) is 1. The lowest BCUT2D eigenvalue weighted by Crippen LogP contribution is -2.40. The summed E-state index contributed by atoms with van der Waals surface area (Å²) < 4.78 is 5.72. The maximum absolute atomic E-state index is 12.6. The molecule has 0 aromatic heterocycles. The van der Waals surface area contributed by atoms with Crippen molar-refractivity contribution in [3.8, 4) is 11.1 Å². The maximum Gasteiger partial charge on any atom is 0.409 e. The van der Waals surface area contributed by atoms with Crippen molar-refractivity contribution in [2.75, 3.05) is 19.7 Å². The summed E-state index contributed by atoms with van der Waals surface area (Å²) in [5.74, 6) is -0.479. The summed E-state index contributed by atoms with van der Waals surface area (Å²) in [6.45, 7) is 1.59. The van der Waals surface area contributed by atoms with E-state index >= 15 is 0 Å². The molecular weight excluding hydrogens is 354 g/mol. The Hall–Kier alpha value is -2.82. The molecule has 2 aliphatic rings. The highest BCUT2D eigenvalue weighted by molar-refractivity contribution is 5.79. The number of carboxylic acid groups (broad SMARTS) is 1. The van der Waals surface area contributed by atoms with E-state index in [-0.39, 0.29) is 24.3 Å². The Bertz CT molecular complexity index is 833. The molecule has 1 aliphatic carbocycles. The summed E-state index contributed by atoms with van der Waals surface area (Å²) in [7, 11) is 0. The van der Waals surface area contributed by atoms with Gasteiger partial charge in [-0.15, -0.1) is 0 Å². The van der Waals surface area contributed by atoms with E-state index in [4.69, 9.17) is 9.84 Å². The van der Waals surface area contributed by atoms with Crippen LogP contribution >= 0.6 is 0 Å². The van der Waals surface area contributed by atoms with Gasteiger partial charge < -0.3 is 14.7 Å². The van der Waals surface area contributed by atoms with Crippen LogP contribution in [0.1, 0.15) is 42.7 Å². The normalized spacial score (nSPS) is 18.4. The molecular formula is C23H25NO4. The Balaban J connectivity index is 1.40. The third-order valence-electron chi connectivity index (χ3n) is 5.88. The molecule has 0 saturated carbocycles. The number of carbonyl (C=O) groups is 2. The zero-order valence-electron chi connectivity index (χ0n) is 15.8. The number of aliphatic carboxylic acids is 1. The number of amides is 1. The van der Waals surface area contributed by atoms with Crippen molar-refractivity contribution in [2.45, 2.75) is 31.6 Å². The molecule has 2 aromatic rings. The number of nitrogens with zero attached hydrogens (tertiary/aromatic N) is 1. The SMILES string of the molecule is O=C(O)CC[C@H]1CCCN(C(=O)OCC2c3ccccc3-c3ccccc32)C1. The van der Waals surface area contributed by atoms with Gasteiger partial charge in [-0.25, -0.2) is 4.79 Å². The number of ether oxygens (including phenoxy) is 1. The fourth-order valence-electron chi connectivity index (χ4n) is 4.48. The number of hydrogen-bond acceptors (Lipinski definition) is 3. The van der Waals surface area contributed by atoms with Gasteiger partial charge in [-0.2, -0.15) is 0 Å². The van der Waals surface area contributed by atoms with Crippen LogP contribution in [0.25, 0.3) is 11.1 Å². The van der Waals surface area contributed by atoms with Gasteiger partial charge in [0.25, 0.3) is 0 Å². The monoisotopic (exact) mass is 379 g/mol. The van der Waals surface area contributed by atoms with Gasteiger partial charge in [0.1, 0.15) is 6.61 Å². The molecule has 0 unspecified atom stereocenters. The van der Waals surface area contributed by atoms with Crippen LogP contribution in [0.5, 0.6) is 0 Å². The van der Waals surface area contributed by atoms with Gasteiger partial charge in [-0.3, -0.25) is 4.79 Å². The van der Waals surface area contributed by atoms with Crippen molar-refractivity contribution in [3.63, 3.8) is 0 Å². The van der Waals surface area contributed by atoms with Crippen LogP contribution in [0.3, 0.4) is 0 Å². The minimum atomic E-state index is -0.779. The lowest BCUT2D eigenvalue weighted by molar-refractivity contribution is -0.137. The van der Waals surface area contributed by atoms with Crippen molar-refractivity contribution in [3.05, 3.63) is 59.7 Å². The van der Waals surface area contributed by atoms with E-state index in [0.717, 1.165) is 12.8 Å². The predicted molar refractivity (Wildman–Crippen MR) is 106 cm³/mol. The van der Waals surface area contributed by atoms with E-state index in [0.29, 0.717) is 26.1 Å². The van der Waals surface area contributed by atoms with Crippen molar-refractivity contribution < 1.29 is 19.4 Å². The minimum Gasteiger partial charge on any atom is -0.481 e. The standard InChI is InChI=1S/C23H25NO4/c25-22(26)12-11-16-6-5-13-24(14-16)23(27)28-15-21-19-9-3-1-7-17(19)18-8-2-4-10-20(18)21/h1-4,7-10,16,21H,5-6,11-15H2,(H,25,26)/t16-/m1/s1. The molecule has 5 nitrogen and oxygen atoms in total. The van der Waals surface area contributed by atoms with Gasteiger partial charge in [-0.1, -0.05) is 48.5 Å². The van der Waals surface area contributed by atoms with E-state index in [1.807, 2.05) is 24.3 Å². The number of carbonyl (C=O) groups excluding carboxylic acids is 1. The minimum absolute atomic E-state index is 0.0592. The van der Waals surface area contributed by atoms with Crippen LogP contribution in [-0.2, 0) is 9.53 Å². The van der Waals surface area contributed by atoms with Gasteiger partial charge in [-0.05, 0) is 47.4 Å². The second-order valence-corrected chi connectivity index (χ2v) is 7.69. The van der Waals surface area contributed by atoms with Crippen molar-refractivity contribution in [2.24, 2.45) is 5.92 Å². The molecule has 1 N–H and O–H groups in total. The molecule has 1 atom stereocenters. The van der Waals surface area contributed by atoms with Gasteiger partial charge in [0.2, 0.25) is 0 Å². The quantitative estimate of drug-likeness (QED) is 0.830. The Kier molecular flexibility index (Phi) is 5.33. The number of likely N-dealkylation sites (tertiary alicyclic amines) is 1. The van der Waals surface area contributed by atoms with E-state index in [2.05, 4.69) is 24.3 Å². The molecule has 5 heteroatoms. The zero-order chi connectivity index (χ0) is 19.5. The molecule has 2 aromatic carbocycles. The summed E-state index contributed by atoms with van der Waals surface area (Å²) in [6.07, 6.45) is 2.35. The molecule has 1 saturated heterocycles. The number of piperidine rings is 1. The van der Waals surface area contributed by atoms with Crippen LogP contribution in [0.2, 0.25) is 0 Å². The summed E-state index contributed by atoms with van der Waals surface area (Å²) in [5.41, 5.74) is 4.83. The van der Waals surface area contributed by atoms with Crippen molar-refractivity contribution >= 4 is 12.1 Å². The van der Waals surface area contributed by atoms with Crippen LogP contribution in [0, 0.1) is 5.92 Å². The summed E-state index contributed by atoms with van der Waals surface area (Å²) in [4.78, 5) is 25.2.